The number of amides is 1. The van der Waals surface area contributed by atoms with Crippen LogP contribution in [0.4, 0.5) is 5.69 Å². The van der Waals surface area contributed by atoms with E-state index in [4.69, 9.17) is 0 Å². The van der Waals surface area contributed by atoms with Crippen molar-refractivity contribution in [2.75, 3.05) is 11.9 Å². The average molecular weight is 395 g/mol. The van der Waals surface area contributed by atoms with Gasteiger partial charge in [-0.05, 0) is 59.0 Å². The van der Waals surface area contributed by atoms with Crippen LogP contribution in [0.25, 0.3) is 0 Å². The van der Waals surface area contributed by atoms with Gasteiger partial charge in [0.1, 0.15) is 5.75 Å². The molecule has 0 heterocycles. The van der Waals surface area contributed by atoms with Crippen molar-refractivity contribution in [2.45, 2.75) is 0 Å². The largest absolute Gasteiger partial charge is 0.507 e. The molecule has 1 amide bonds. The maximum Gasteiger partial charge on any atom is 0.259 e. The Balaban J connectivity index is 1.80. The van der Waals surface area contributed by atoms with E-state index in [-0.39, 0.29) is 18.2 Å². The molecule has 21 heavy (non-hydrogen) atoms. The van der Waals surface area contributed by atoms with Crippen LogP contribution in [0.2, 0.25) is 0 Å². The van der Waals surface area contributed by atoms with Gasteiger partial charge in [-0.3, -0.25) is 4.79 Å². The van der Waals surface area contributed by atoms with Gasteiger partial charge in [0, 0.05) is 14.8 Å². The highest BCUT2D eigenvalue weighted by molar-refractivity contribution is 14.1. The average Bonchev–Trinajstić information content (AvgIpc) is 2.49. The number of benzene rings is 2. The number of hydrogen-bond donors (Lipinski definition) is 3. The molecular formula is C15H14IN3O2. The van der Waals surface area contributed by atoms with E-state index in [2.05, 4.69) is 38.4 Å². The van der Waals surface area contributed by atoms with E-state index in [0.29, 0.717) is 5.56 Å². The van der Waals surface area contributed by atoms with E-state index in [1.807, 2.05) is 24.3 Å². The van der Waals surface area contributed by atoms with Gasteiger partial charge in [-0.25, -0.2) is 5.43 Å². The van der Waals surface area contributed by atoms with Gasteiger partial charge in [-0.15, -0.1) is 0 Å². The summed E-state index contributed by atoms with van der Waals surface area (Å²) in [6, 6.07) is 14.5. The molecule has 0 radical (unpaired) electrons. The van der Waals surface area contributed by atoms with Gasteiger partial charge in [0.25, 0.3) is 5.91 Å². The van der Waals surface area contributed by atoms with Crippen LogP contribution < -0.4 is 10.7 Å². The predicted octanol–water partition coefficient (Wildman–Crippen LogP) is 2.56. The number of hydrazone groups is 1. The number of carbonyl (C=O) groups is 1. The molecule has 0 atom stereocenters. The minimum absolute atomic E-state index is 0.118. The standard InChI is InChI=1S/C15H14IN3O2/c16-12-5-7-13(8-6-12)17-10-15(21)19-18-9-11-3-1-2-4-14(11)20/h1-9,17,20H,10H2,(H,19,21). The molecule has 0 saturated carbocycles. The lowest BCUT2D eigenvalue weighted by atomic mass is 10.2. The summed E-state index contributed by atoms with van der Waals surface area (Å²) in [6.07, 6.45) is 1.40. The molecule has 3 N–H and O–H groups in total. The molecule has 0 aliphatic carbocycles. The van der Waals surface area contributed by atoms with Crippen LogP contribution in [-0.2, 0) is 4.79 Å². The van der Waals surface area contributed by atoms with Gasteiger partial charge in [0.05, 0.1) is 12.8 Å². The Bertz CT molecular complexity index is 642. The second-order valence-corrected chi connectivity index (χ2v) is 5.46. The van der Waals surface area contributed by atoms with E-state index >= 15 is 0 Å². The number of carbonyl (C=O) groups excluding carboxylic acids is 1. The molecule has 0 unspecified atom stereocenters. The van der Waals surface area contributed by atoms with Crippen LogP contribution in [0.15, 0.2) is 53.6 Å². The molecule has 2 aromatic carbocycles. The van der Waals surface area contributed by atoms with Crippen LogP contribution in [0.5, 0.6) is 5.75 Å². The normalized spacial score (nSPS) is 10.5. The first-order valence-corrected chi connectivity index (χ1v) is 7.32. The number of rotatable bonds is 5. The van der Waals surface area contributed by atoms with E-state index < -0.39 is 0 Å². The maximum atomic E-state index is 11.6. The summed E-state index contributed by atoms with van der Waals surface area (Å²) in [5.74, 6) is -0.146. The molecular weight excluding hydrogens is 381 g/mol. The highest BCUT2D eigenvalue weighted by atomic mass is 127. The Morgan fingerprint density at radius 3 is 2.62 bits per heavy atom. The number of para-hydroxylation sites is 1. The summed E-state index contributed by atoms with van der Waals surface area (Å²) < 4.78 is 1.13. The zero-order chi connectivity index (χ0) is 15.1. The summed E-state index contributed by atoms with van der Waals surface area (Å²) in [5, 5.41) is 16.3. The summed E-state index contributed by atoms with van der Waals surface area (Å²) in [6.45, 7) is 0.124. The van der Waals surface area contributed by atoms with Crippen molar-refractivity contribution in [3.63, 3.8) is 0 Å². The lowest BCUT2D eigenvalue weighted by molar-refractivity contribution is -0.119. The highest BCUT2D eigenvalue weighted by Gasteiger charge is 2.00. The van der Waals surface area contributed by atoms with Crippen molar-refractivity contribution >= 4 is 40.4 Å². The smallest absolute Gasteiger partial charge is 0.259 e. The number of anilines is 1. The second-order valence-electron chi connectivity index (χ2n) is 4.21. The number of nitrogens with zero attached hydrogens (tertiary/aromatic N) is 1. The Morgan fingerprint density at radius 2 is 1.90 bits per heavy atom. The second kappa shape index (κ2) is 7.63. The van der Waals surface area contributed by atoms with Crippen molar-refractivity contribution < 1.29 is 9.90 Å². The van der Waals surface area contributed by atoms with Gasteiger partial charge in [0.2, 0.25) is 0 Å². The van der Waals surface area contributed by atoms with Crippen LogP contribution in [0, 0.1) is 3.57 Å². The monoisotopic (exact) mass is 395 g/mol. The minimum Gasteiger partial charge on any atom is -0.507 e. The fraction of sp³-hybridized carbons (Fsp3) is 0.0667. The zero-order valence-corrected chi connectivity index (χ0v) is 13.2. The first-order chi connectivity index (χ1) is 10.1. The van der Waals surface area contributed by atoms with E-state index in [1.54, 1.807) is 24.3 Å². The number of phenols is 1. The van der Waals surface area contributed by atoms with Crippen molar-refractivity contribution in [1.82, 2.24) is 5.43 Å². The Morgan fingerprint density at radius 1 is 1.19 bits per heavy atom. The van der Waals surface area contributed by atoms with Crippen LogP contribution in [0.1, 0.15) is 5.56 Å². The van der Waals surface area contributed by atoms with Gasteiger partial charge in [0.15, 0.2) is 0 Å². The number of phenolic OH excluding ortho intramolecular Hbond substituents is 1. The summed E-state index contributed by atoms with van der Waals surface area (Å²) >= 11 is 2.22. The van der Waals surface area contributed by atoms with Gasteiger partial charge < -0.3 is 10.4 Å². The third-order valence-electron chi connectivity index (χ3n) is 2.63. The van der Waals surface area contributed by atoms with Crippen LogP contribution >= 0.6 is 22.6 Å². The first kappa shape index (κ1) is 15.3. The Kier molecular flexibility index (Phi) is 5.56. The summed E-state index contributed by atoms with van der Waals surface area (Å²) in [7, 11) is 0. The molecule has 0 spiro atoms. The molecule has 2 aromatic rings. The molecule has 0 aliphatic heterocycles. The van der Waals surface area contributed by atoms with E-state index in [1.165, 1.54) is 6.21 Å². The highest BCUT2D eigenvalue weighted by Crippen LogP contribution is 2.12. The fourth-order valence-electron chi connectivity index (χ4n) is 1.56. The Labute approximate surface area is 136 Å². The quantitative estimate of drug-likeness (QED) is 0.414. The number of hydrogen-bond acceptors (Lipinski definition) is 4. The van der Waals surface area contributed by atoms with Crippen LogP contribution in [0.3, 0.4) is 0 Å². The lowest BCUT2D eigenvalue weighted by Crippen LogP contribution is -2.25. The fourth-order valence-corrected chi connectivity index (χ4v) is 1.92. The van der Waals surface area contributed by atoms with Crippen molar-refractivity contribution in [2.24, 2.45) is 5.10 Å². The molecule has 6 heteroatoms. The molecule has 0 saturated heterocycles. The molecule has 2 rings (SSSR count). The van der Waals surface area contributed by atoms with E-state index in [0.717, 1.165) is 9.26 Å². The number of aromatic hydroxyl groups is 1. The number of halogens is 1. The van der Waals surface area contributed by atoms with Crippen LogP contribution in [-0.4, -0.2) is 23.8 Å². The topological polar surface area (TPSA) is 73.7 Å². The SMILES string of the molecule is O=C(CNc1ccc(I)cc1)NN=Cc1ccccc1O. The third kappa shape index (κ3) is 5.07. The van der Waals surface area contributed by atoms with Gasteiger partial charge in [-0.2, -0.15) is 5.10 Å². The molecule has 0 aromatic heterocycles. The molecule has 0 bridgehead atoms. The third-order valence-corrected chi connectivity index (χ3v) is 3.35. The van der Waals surface area contributed by atoms with E-state index in [9.17, 15) is 9.90 Å². The predicted molar refractivity (Wildman–Crippen MR) is 91.5 cm³/mol. The summed E-state index contributed by atoms with van der Waals surface area (Å²) in [4.78, 5) is 11.6. The van der Waals surface area contributed by atoms with Crippen molar-refractivity contribution in [3.8, 4) is 5.75 Å². The maximum absolute atomic E-state index is 11.6. The van der Waals surface area contributed by atoms with Crippen molar-refractivity contribution in [3.05, 3.63) is 57.7 Å². The zero-order valence-electron chi connectivity index (χ0n) is 11.1. The molecule has 0 aliphatic rings. The lowest BCUT2D eigenvalue weighted by Gasteiger charge is -2.05. The van der Waals surface area contributed by atoms with Gasteiger partial charge in [-0.1, -0.05) is 12.1 Å². The van der Waals surface area contributed by atoms with Gasteiger partial charge >= 0.3 is 0 Å². The molecule has 0 fully saturated rings. The Hall–Kier alpha value is -2.09. The minimum atomic E-state index is -0.264. The first-order valence-electron chi connectivity index (χ1n) is 6.24. The molecule has 108 valence electrons. The van der Waals surface area contributed by atoms with Crippen molar-refractivity contribution in [1.29, 1.82) is 0 Å². The number of nitrogens with one attached hydrogen (secondary N) is 2. The molecule has 5 nitrogen and oxygen atoms in total. The summed E-state index contributed by atoms with van der Waals surface area (Å²) in [5.41, 5.74) is 3.81.